The Hall–Kier alpha value is -2.71. The van der Waals surface area contributed by atoms with Gasteiger partial charge in [0.05, 0.1) is 16.7 Å². The first-order valence-electron chi connectivity index (χ1n) is 7.38. The SMILES string of the molecule is N#Cc1cncc(Oc2ccc(S(=O)(=O)C(F)(F)F)c3c2CC(F)C3O)c1. The van der Waals surface area contributed by atoms with Crippen LogP contribution in [0.1, 0.15) is 22.8 Å². The van der Waals surface area contributed by atoms with Crippen molar-refractivity contribution in [2.75, 3.05) is 0 Å². The molecule has 0 bridgehead atoms. The molecule has 1 N–H and O–H groups in total. The molecule has 2 unspecified atom stereocenters. The van der Waals surface area contributed by atoms with E-state index in [1.807, 2.05) is 6.07 Å². The fourth-order valence-corrected chi connectivity index (χ4v) is 3.79. The molecule has 6 nitrogen and oxygen atoms in total. The predicted molar refractivity (Wildman–Crippen MR) is 82.3 cm³/mol. The molecule has 3 rings (SSSR count). The van der Waals surface area contributed by atoms with Crippen molar-refractivity contribution < 1.29 is 35.8 Å². The third-order valence-corrected chi connectivity index (χ3v) is 5.52. The minimum atomic E-state index is -5.80. The molecule has 0 saturated carbocycles. The minimum Gasteiger partial charge on any atom is -0.455 e. The Morgan fingerprint density at radius 2 is 2.00 bits per heavy atom. The molecule has 1 heterocycles. The second-order valence-electron chi connectivity index (χ2n) is 5.69. The number of halogens is 4. The molecular formula is C16H10F4N2O4S. The van der Waals surface area contributed by atoms with Gasteiger partial charge in [-0.05, 0) is 12.1 Å². The third-order valence-electron chi connectivity index (χ3n) is 3.98. The van der Waals surface area contributed by atoms with E-state index in [1.54, 1.807) is 0 Å². The summed E-state index contributed by atoms with van der Waals surface area (Å²) in [5.74, 6) is -0.0957. The van der Waals surface area contributed by atoms with Gasteiger partial charge in [-0.15, -0.1) is 0 Å². The molecule has 0 amide bonds. The van der Waals surface area contributed by atoms with Gasteiger partial charge in [0.2, 0.25) is 0 Å². The largest absolute Gasteiger partial charge is 0.501 e. The number of fused-ring (bicyclic) bond motifs is 1. The van der Waals surface area contributed by atoms with Crippen molar-refractivity contribution in [2.24, 2.45) is 0 Å². The Kier molecular flexibility index (Phi) is 4.57. The van der Waals surface area contributed by atoms with E-state index >= 15 is 0 Å². The van der Waals surface area contributed by atoms with E-state index in [4.69, 9.17) is 10.00 Å². The number of alkyl halides is 4. The molecule has 1 aliphatic rings. The maximum Gasteiger partial charge on any atom is 0.501 e. The van der Waals surface area contributed by atoms with Crippen molar-refractivity contribution >= 4 is 9.84 Å². The van der Waals surface area contributed by atoms with Gasteiger partial charge >= 0.3 is 5.51 Å². The lowest BCUT2D eigenvalue weighted by molar-refractivity contribution is -0.0437. The van der Waals surface area contributed by atoms with Gasteiger partial charge in [-0.25, -0.2) is 12.8 Å². The first-order chi connectivity index (χ1) is 12.6. The Morgan fingerprint density at radius 3 is 2.63 bits per heavy atom. The minimum absolute atomic E-state index is 0.0412. The summed E-state index contributed by atoms with van der Waals surface area (Å²) in [6.07, 6.45) is -2.10. The Bertz CT molecular complexity index is 1050. The van der Waals surface area contributed by atoms with Crippen molar-refractivity contribution in [3.63, 3.8) is 0 Å². The number of aliphatic hydroxyl groups is 1. The average Bonchev–Trinajstić information content (AvgIpc) is 2.90. The zero-order valence-corrected chi connectivity index (χ0v) is 14.1. The van der Waals surface area contributed by atoms with Crippen molar-refractivity contribution in [3.8, 4) is 17.6 Å². The quantitative estimate of drug-likeness (QED) is 0.793. The average molecular weight is 402 g/mol. The smallest absolute Gasteiger partial charge is 0.455 e. The topological polar surface area (TPSA) is 100 Å². The van der Waals surface area contributed by atoms with E-state index in [2.05, 4.69) is 4.98 Å². The number of hydrogen-bond acceptors (Lipinski definition) is 6. The second kappa shape index (κ2) is 6.47. The van der Waals surface area contributed by atoms with Crippen LogP contribution in [0.5, 0.6) is 11.5 Å². The normalized spacial score (nSPS) is 19.4. The van der Waals surface area contributed by atoms with E-state index < -0.39 is 44.5 Å². The lowest BCUT2D eigenvalue weighted by Crippen LogP contribution is -2.25. The number of sulfone groups is 1. The summed E-state index contributed by atoms with van der Waals surface area (Å²) in [6.45, 7) is 0. The van der Waals surface area contributed by atoms with E-state index in [0.29, 0.717) is 6.07 Å². The summed E-state index contributed by atoms with van der Waals surface area (Å²) < 4.78 is 81.7. The first-order valence-corrected chi connectivity index (χ1v) is 8.87. The molecule has 27 heavy (non-hydrogen) atoms. The maximum absolute atomic E-state index is 14.0. The van der Waals surface area contributed by atoms with Crippen molar-refractivity contribution in [1.29, 1.82) is 5.26 Å². The van der Waals surface area contributed by atoms with Crippen molar-refractivity contribution in [3.05, 3.63) is 47.3 Å². The number of nitriles is 1. The number of aromatic nitrogens is 1. The maximum atomic E-state index is 14.0. The number of hydrogen-bond donors (Lipinski definition) is 1. The Balaban J connectivity index is 2.14. The van der Waals surface area contributed by atoms with E-state index in [-0.39, 0.29) is 22.6 Å². The van der Waals surface area contributed by atoms with Crippen LogP contribution in [0.2, 0.25) is 0 Å². The van der Waals surface area contributed by atoms with E-state index in [0.717, 1.165) is 6.07 Å². The Morgan fingerprint density at radius 1 is 1.30 bits per heavy atom. The summed E-state index contributed by atoms with van der Waals surface area (Å²) in [5.41, 5.74) is -6.34. The van der Waals surface area contributed by atoms with Gasteiger partial charge in [0.25, 0.3) is 9.84 Å². The van der Waals surface area contributed by atoms with Gasteiger partial charge < -0.3 is 9.84 Å². The van der Waals surface area contributed by atoms with Crippen molar-refractivity contribution in [1.82, 2.24) is 4.98 Å². The van der Waals surface area contributed by atoms with Crippen LogP contribution in [0, 0.1) is 11.3 Å². The molecule has 0 fully saturated rings. The van der Waals surface area contributed by atoms with Crippen LogP contribution in [-0.2, 0) is 16.3 Å². The first kappa shape index (κ1) is 19.1. The van der Waals surface area contributed by atoms with Crippen LogP contribution >= 0.6 is 0 Å². The lowest BCUT2D eigenvalue weighted by Gasteiger charge is -2.16. The highest BCUT2D eigenvalue weighted by Crippen LogP contribution is 2.46. The molecule has 2 aromatic rings. The fraction of sp³-hybridized carbons (Fsp3) is 0.250. The molecular weight excluding hydrogens is 392 g/mol. The molecule has 2 atom stereocenters. The predicted octanol–water partition coefficient (Wildman–Crippen LogP) is 2.97. The molecule has 0 saturated heterocycles. The van der Waals surface area contributed by atoms with Crippen LogP contribution in [-0.4, -0.2) is 30.2 Å². The standard InChI is InChI=1S/C16H10F4N2O4S/c17-11-4-10-12(26-9-3-8(5-21)6-22-7-9)1-2-13(14(10)15(11)23)27(24,25)16(18,19)20/h1-3,6-7,11,15,23H,4H2. The molecule has 1 aliphatic carbocycles. The Labute approximate surface area is 150 Å². The summed E-state index contributed by atoms with van der Waals surface area (Å²) in [6, 6.07) is 4.66. The summed E-state index contributed by atoms with van der Waals surface area (Å²) in [7, 11) is -5.80. The van der Waals surface area contributed by atoms with Gasteiger partial charge in [0, 0.05) is 29.8 Å². The molecule has 11 heteroatoms. The highest BCUT2D eigenvalue weighted by Gasteiger charge is 2.50. The van der Waals surface area contributed by atoms with Gasteiger partial charge in [-0.1, -0.05) is 0 Å². The zero-order valence-electron chi connectivity index (χ0n) is 13.2. The van der Waals surface area contributed by atoms with Gasteiger partial charge in [-0.2, -0.15) is 18.4 Å². The van der Waals surface area contributed by atoms with Crippen molar-refractivity contribution in [2.45, 2.75) is 29.1 Å². The summed E-state index contributed by atoms with van der Waals surface area (Å²) in [4.78, 5) is 2.53. The molecule has 0 aliphatic heterocycles. The van der Waals surface area contributed by atoms with Gasteiger partial charge in [0.1, 0.15) is 29.8 Å². The summed E-state index contributed by atoms with van der Waals surface area (Å²) in [5, 5.41) is 18.8. The van der Waals surface area contributed by atoms with Crippen LogP contribution < -0.4 is 4.74 Å². The van der Waals surface area contributed by atoms with Crippen LogP contribution in [0.25, 0.3) is 0 Å². The molecule has 1 aromatic carbocycles. The zero-order chi connectivity index (χ0) is 20.0. The van der Waals surface area contributed by atoms with Crippen LogP contribution in [0.4, 0.5) is 17.6 Å². The number of pyridine rings is 1. The number of benzene rings is 1. The fourth-order valence-electron chi connectivity index (χ4n) is 2.76. The van der Waals surface area contributed by atoms with Crippen LogP contribution in [0.15, 0.2) is 35.5 Å². The number of nitrogens with zero attached hydrogens (tertiary/aromatic N) is 2. The third kappa shape index (κ3) is 3.22. The highest BCUT2D eigenvalue weighted by molar-refractivity contribution is 7.92. The number of aliphatic hydroxyl groups excluding tert-OH is 1. The van der Waals surface area contributed by atoms with Gasteiger partial charge in [0.15, 0.2) is 0 Å². The van der Waals surface area contributed by atoms with E-state index in [9.17, 15) is 31.1 Å². The van der Waals surface area contributed by atoms with E-state index in [1.165, 1.54) is 18.5 Å². The number of rotatable bonds is 3. The molecule has 1 aromatic heterocycles. The second-order valence-corrected chi connectivity index (χ2v) is 7.60. The lowest BCUT2D eigenvalue weighted by atomic mass is 10.1. The molecule has 0 radical (unpaired) electrons. The number of ether oxygens (including phenoxy) is 1. The highest BCUT2D eigenvalue weighted by atomic mass is 32.2. The monoisotopic (exact) mass is 402 g/mol. The molecule has 0 spiro atoms. The molecule has 142 valence electrons. The van der Waals surface area contributed by atoms with Crippen LogP contribution in [0.3, 0.4) is 0 Å². The summed E-state index contributed by atoms with van der Waals surface area (Å²) >= 11 is 0. The van der Waals surface area contributed by atoms with Gasteiger partial charge in [-0.3, -0.25) is 4.98 Å².